The van der Waals surface area contributed by atoms with Crippen LogP contribution in [0.2, 0.25) is 0 Å². The minimum Gasteiger partial charge on any atom is -0.448 e. The maximum Gasteiger partial charge on any atom is 0.434 e. The van der Waals surface area contributed by atoms with Crippen LogP contribution in [0.15, 0.2) is 28.4 Å². The van der Waals surface area contributed by atoms with Gasteiger partial charge in [0.1, 0.15) is 11.9 Å². The van der Waals surface area contributed by atoms with Crippen molar-refractivity contribution in [2.45, 2.75) is 53.6 Å². The van der Waals surface area contributed by atoms with E-state index in [9.17, 15) is 9.59 Å². The van der Waals surface area contributed by atoms with Crippen molar-refractivity contribution >= 4 is 23.8 Å². The SMILES string of the molecule is CCC(N=CC(=NC(=O)OCCC(C)(C)C)C(C)=O)n1cccn1. The Bertz CT molecular complexity index is 598. The average Bonchev–Trinajstić information content (AvgIpc) is 2.99. The summed E-state index contributed by atoms with van der Waals surface area (Å²) in [5.41, 5.74) is 0.0360. The van der Waals surface area contributed by atoms with Gasteiger partial charge in [0.2, 0.25) is 0 Å². The highest BCUT2D eigenvalue weighted by molar-refractivity contribution is 6.61. The lowest BCUT2D eigenvalue weighted by Crippen LogP contribution is -2.17. The molecular weight excluding hydrogens is 308 g/mol. The highest BCUT2D eigenvalue weighted by Crippen LogP contribution is 2.18. The average molecular weight is 334 g/mol. The van der Waals surface area contributed by atoms with Gasteiger partial charge in [0.25, 0.3) is 0 Å². The smallest absolute Gasteiger partial charge is 0.434 e. The summed E-state index contributed by atoms with van der Waals surface area (Å²) in [6, 6.07) is 1.80. The van der Waals surface area contributed by atoms with Gasteiger partial charge in [-0.15, -0.1) is 0 Å². The first-order valence-electron chi connectivity index (χ1n) is 8.01. The standard InChI is InChI=1S/C17H26N4O3/c1-6-15(21-10-7-9-19-21)18-12-14(13(2)22)20-16(23)24-11-8-17(3,4)5/h7,9-10,12,15H,6,8,11H2,1-5H3. The second-order valence-corrected chi connectivity index (χ2v) is 6.63. The summed E-state index contributed by atoms with van der Waals surface area (Å²) >= 11 is 0. The van der Waals surface area contributed by atoms with Gasteiger partial charge in [0.15, 0.2) is 5.78 Å². The summed E-state index contributed by atoms with van der Waals surface area (Å²) in [6.45, 7) is 9.71. The molecule has 132 valence electrons. The third kappa shape index (κ3) is 7.30. The summed E-state index contributed by atoms with van der Waals surface area (Å²) in [4.78, 5) is 31.4. The highest BCUT2D eigenvalue weighted by atomic mass is 16.5. The van der Waals surface area contributed by atoms with Crippen molar-refractivity contribution in [3.8, 4) is 0 Å². The van der Waals surface area contributed by atoms with Gasteiger partial charge in [0, 0.05) is 19.3 Å². The van der Waals surface area contributed by atoms with Crippen molar-refractivity contribution in [3.63, 3.8) is 0 Å². The molecule has 24 heavy (non-hydrogen) atoms. The second-order valence-electron chi connectivity index (χ2n) is 6.63. The maximum absolute atomic E-state index is 11.7. The van der Waals surface area contributed by atoms with Crippen LogP contribution in [0.4, 0.5) is 4.79 Å². The number of Topliss-reactive ketones (excluding diaryl/α,β-unsaturated/α-hetero) is 1. The van der Waals surface area contributed by atoms with Gasteiger partial charge in [-0.3, -0.25) is 9.79 Å². The molecule has 0 saturated heterocycles. The Morgan fingerprint density at radius 3 is 2.58 bits per heavy atom. The molecule has 1 atom stereocenters. The molecule has 1 rings (SSSR count). The number of aromatic nitrogens is 2. The molecule has 0 spiro atoms. The number of nitrogens with zero attached hydrogens (tertiary/aromatic N) is 4. The molecule has 0 aromatic carbocycles. The van der Waals surface area contributed by atoms with Gasteiger partial charge in [-0.1, -0.05) is 27.7 Å². The predicted octanol–water partition coefficient (Wildman–Crippen LogP) is 3.47. The summed E-state index contributed by atoms with van der Waals surface area (Å²) in [7, 11) is 0. The number of amides is 1. The van der Waals surface area contributed by atoms with Crippen LogP contribution >= 0.6 is 0 Å². The molecule has 0 N–H and O–H groups in total. The van der Waals surface area contributed by atoms with Gasteiger partial charge in [0.05, 0.1) is 12.8 Å². The lowest BCUT2D eigenvalue weighted by molar-refractivity contribution is -0.110. The fraction of sp³-hybridized carbons (Fsp3) is 0.588. The number of carbonyl (C=O) groups excluding carboxylic acids is 2. The summed E-state index contributed by atoms with van der Waals surface area (Å²) in [5, 5.41) is 4.12. The van der Waals surface area contributed by atoms with Crippen LogP contribution in [0.3, 0.4) is 0 Å². The van der Waals surface area contributed by atoms with E-state index in [-0.39, 0.29) is 29.7 Å². The molecule has 0 aliphatic rings. The van der Waals surface area contributed by atoms with Crippen LogP contribution in [0.1, 0.15) is 53.6 Å². The second kappa shape index (κ2) is 9.10. The minimum absolute atomic E-state index is 0.0265. The van der Waals surface area contributed by atoms with Crippen molar-refractivity contribution in [1.29, 1.82) is 0 Å². The molecule has 1 heterocycles. The zero-order valence-electron chi connectivity index (χ0n) is 15.0. The van der Waals surface area contributed by atoms with Crippen molar-refractivity contribution in [2.75, 3.05) is 6.61 Å². The van der Waals surface area contributed by atoms with Gasteiger partial charge in [-0.25, -0.2) is 9.48 Å². The third-order valence-corrected chi connectivity index (χ3v) is 3.21. The molecule has 0 bridgehead atoms. The minimum atomic E-state index is -0.775. The highest BCUT2D eigenvalue weighted by Gasteiger charge is 2.13. The van der Waals surface area contributed by atoms with E-state index in [1.165, 1.54) is 13.1 Å². The molecule has 1 aromatic rings. The zero-order chi connectivity index (χ0) is 18.2. The molecule has 0 aliphatic carbocycles. The number of hydrogen-bond donors (Lipinski definition) is 0. The first-order chi connectivity index (χ1) is 11.2. The van der Waals surface area contributed by atoms with Crippen molar-refractivity contribution in [3.05, 3.63) is 18.5 Å². The zero-order valence-corrected chi connectivity index (χ0v) is 15.0. The van der Waals surface area contributed by atoms with E-state index >= 15 is 0 Å². The van der Waals surface area contributed by atoms with Crippen LogP contribution in [0, 0.1) is 5.41 Å². The Morgan fingerprint density at radius 2 is 2.08 bits per heavy atom. The number of carbonyl (C=O) groups is 2. The molecule has 0 saturated carbocycles. The molecule has 7 nitrogen and oxygen atoms in total. The summed E-state index contributed by atoms with van der Waals surface area (Å²) < 4.78 is 6.72. The molecule has 7 heteroatoms. The molecular formula is C17H26N4O3. The number of ketones is 1. The topological polar surface area (TPSA) is 85.9 Å². The Labute approximate surface area is 142 Å². The van der Waals surface area contributed by atoms with Crippen LogP contribution in [0.5, 0.6) is 0 Å². The van der Waals surface area contributed by atoms with Crippen LogP contribution in [-0.2, 0) is 9.53 Å². The van der Waals surface area contributed by atoms with E-state index in [1.807, 2.05) is 6.92 Å². The van der Waals surface area contributed by atoms with Crippen molar-refractivity contribution in [1.82, 2.24) is 9.78 Å². The Balaban J connectivity index is 2.73. The van der Waals surface area contributed by atoms with Crippen molar-refractivity contribution in [2.24, 2.45) is 15.4 Å². The number of ether oxygens (including phenoxy) is 1. The Kier molecular flexibility index (Phi) is 7.48. The molecule has 0 aliphatic heterocycles. The normalized spacial score (nSPS) is 14.0. The Morgan fingerprint density at radius 1 is 1.38 bits per heavy atom. The van der Waals surface area contributed by atoms with Gasteiger partial charge in [-0.2, -0.15) is 10.1 Å². The first kappa shape index (κ1) is 19.7. The van der Waals surface area contributed by atoms with E-state index in [0.717, 1.165) is 6.42 Å². The van der Waals surface area contributed by atoms with Gasteiger partial charge >= 0.3 is 6.09 Å². The van der Waals surface area contributed by atoms with E-state index < -0.39 is 6.09 Å². The number of hydrogen-bond acceptors (Lipinski definition) is 5. The fourth-order valence-corrected chi connectivity index (χ4v) is 1.75. The molecule has 1 unspecified atom stereocenters. The van der Waals surface area contributed by atoms with Crippen LogP contribution < -0.4 is 0 Å². The number of aliphatic imine (C=N–C) groups is 2. The lowest BCUT2D eigenvalue weighted by atomic mass is 9.93. The molecule has 1 aromatic heterocycles. The van der Waals surface area contributed by atoms with Crippen LogP contribution in [-0.4, -0.2) is 40.2 Å². The molecule has 0 fully saturated rings. The van der Waals surface area contributed by atoms with Gasteiger partial charge < -0.3 is 4.74 Å². The van der Waals surface area contributed by atoms with E-state index in [4.69, 9.17) is 4.74 Å². The molecule has 0 radical (unpaired) electrons. The Hall–Kier alpha value is -2.31. The van der Waals surface area contributed by atoms with E-state index in [0.29, 0.717) is 6.42 Å². The van der Waals surface area contributed by atoms with Gasteiger partial charge in [-0.05, 0) is 24.3 Å². The van der Waals surface area contributed by atoms with Crippen molar-refractivity contribution < 1.29 is 14.3 Å². The number of rotatable bonds is 7. The quantitative estimate of drug-likeness (QED) is 0.715. The monoisotopic (exact) mass is 334 g/mol. The summed E-state index contributed by atoms with van der Waals surface area (Å²) in [6.07, 6.45) is 5.14. The van der Waals surface area contributed by atoms with E-state index in [2.05, 4.69) is 35.9 Å². The molecule has 1 amide bonds. The largest absolute Gasteiger partial charge is 0.448 e. The third-order valence-electron chi connectivity index (χ3n) is 3.21. The van der Waals surface area contributed by atoms with E-state index in [1.54, 1.807) is 23.1 Å². The predicted molar refractivity (Wildman–Crippen MR) is 93.6 cm³/mol. The lowest BCUT2D eigenvalue weighted by Gasteiger charge is -2.16. The summed E-state index contributed by atoms with van der Waals surface area (Å²) in [5.74, 6) is -0.346. The first-order valence-corrected chi connectivity index (χ1v) is 8.01. The van der Waals surface area contributed by atoms with Crippen LogP contribution in [0.25, 0.3) is 0 Å². The fourth-order valence-electron chi connectivity index (χ4n) is 1.75. The maximum atomic E-state index is 11.7.